The van der Waals surface area contributed by atoms with E-state index in [0.29, 0.717) is 23.4 Å². The van der Waals surface area contributed by atoms with Crippen LogP contribution in [0.5, 0.6) is 0 Å². The van der Waals surface area contributed by atoms with Crippen LogP contribution in [-0.2, 0) is 21.2 Å². The van der Waals surface area contributed by atoms with E-state index < -0.39 is 10.0 Å². The van der Waals surface area contributed by atoms with Gasteiger partial charge in [0.25, 0.3) is 10.0 Å². The molecule has 0 radical (unpaired) electrons. The van der Waals surface area contributed by atoms with Crippen molar-refractivity contribution in [2.24, 2.45) is 0 Å². The molecule has 2 N–H and O–H groups in total. The standard InChI is InChI=1S/C20H24N2O3S/c1-11-12(2)14(4)20(15(5)13(11)3)26(24,25)22-17-7-8-18-16(10-17)6-9-19(23)21-18/h7-8,10,22H,6,9H2,1-5H3,(H,21,23). The summed E-state index contributed by atoms with van der Waals surface area (Å²) >= 11 is 0. The van der Waals surface area contributed by atoms with Crippen molar-refractivity contribution in [1.82, 2.24) is 0 Å². The predicted octanol–water partition coefficient (Wildman–Crippen LogP) is 3.91. The fourth-order valence-electron chi connectivity index (χ4n) is 3.52. The third kappa shape index (κ3) is 3.09. The molecule has 0 saturated heterocycles. The third-order valence-corrected chi connectivity index (χ3v) is 7.11. The first-order chi connectivity index (χ1) is 12.1. The second-order valence-corrected chi connectivity index (χ2v) is 8.60. The van der Waals surface area contributed by atoms with Crippen LogP contribution in [0, 0.1) is 34.6 Å². The van der Waals surface area contributed by atoms with Crippen LogP contribution in [0.15, 0.2) is 23.1 Å². The first kappa shape index (κ1) is 18.5. The molecule has 1 heterocycles. The van der Waals surface area contributed by atoms with Gasteiger partial charge in [0.05, 0.1) is 4.90 Å². The molecule has 2 aromatic carbocycles. The quantitative estimate of drug-likeness (QED) is 0.858. The molecule has 0 unspecified atom stereocenters. The number of aryl methyl sites for hydroxylation is 1. The molecule has 0 aromatic heterocycles. The number of amides is 1. The van der Waals surface area contributed by atoms with Crippen LogP contribution in [0.1, 0.15) is 39.8 Å². The summed E-state index contributed by atoms with van der Waals surface area (Å²) in [5.41, 5.74) is 6.89. The molecular formula is C20H24N2O3S. The van der Waals surface area contributed by atoms with Gasteiger partial charge in [0.2, 0.25) is 5.91 Å². The summed E-state index contributed by atoms with van der Waals surface area (Å²) in [7, 11) is -3.71. The van der Waals surface area contributed by atoms with E-state index in [1.54, 1.807) is 18.2 Å². The highest BCUT2D eigenvalue weighted by molar-refractivity contribution is 7.92. The summed E-state index contributed by atoms with van der Waals surface area (Å²) in [4.78, 5) is 11.8. The lowest BCUT2D eigenvalue weighted by Crippen LogP contribution is -2.20. The number of fused-ring (bicyclic) bond motifs is 1. The Morgan fingerprint density at radius 2 is 1.46 bits per heavy atom. The lowest BCUT2D eigenvalue weighted by Gasteiger charge is -2.21. The first-order valence-corrected chi connectivity index (χ1v) is 10.1. The molecule has 1 aliphatic heterocycles. The van der Waals surface area contributed by atoms with Gasteiger partial charge in [-0.05, 0) is 92.6 Å². The van der Waals surface area contributed by atoms with E-state index in [2.05, 4.69) is 10.0 Å². The number of carbonyl (C=O) groups excluding carboxylic acids is 1. The normalized spacial score (nSPS) is 14.0. The summed E-state index contributed by atoms with van der Waals surface area (Å²) < 4.78 is 28.9. The molecule has 2 aromatic rings. The molecule has 1 aliphatic rings. The molecule has 0 saturated carbocycles. The fourth-order valence-corrected chi connectivity index (χ4v) is 5.17. The summed E-state index contributed by atoms with van der Waals surface area (Å²) in [6.07, 6.45) is 1.02. The molecule has 0 atom stereocenters. The van der Waals surface area contributed by atoms with Gasteiger partial charge in [0.15, 0.2) is 0 Å². The number of carbonyl (C=O) groups is 1. The van der Waals surface area contributed by atoms with Crippen molar-refractivity contribution in [2.75, 3.05) is 10.0 Å². The molecule has 0 bridgehead atoms. The fraction of sp³-hybridized carbons (Fsp3) is 0.350. The molecule has 0 spiro atoms. The summed E-state index contributed by atoms with van der Waals surface area (Å²) in [5, 5.41) is 2.80. The minimum atomic E-state index is -3.71. The van der Waals surface area contributed by atoms with E-state index in [1.165, 1.54) is 0 Å². The van der Waals surface area contributed by atoms with Gasteiger partial charge in [0.1, 0.15) is 0 Å². The second kappa shape index (κ2) is 6.43. The number of sulfonamides is 1. The Bertz CT molecular complexity index is 995. The Morgan fingerprint density at radius 3 is 2.08 bits per heavy atom. The molecule has 3 rings (SSSR count). The predicted molar refractivity (Wildman–Crippen MR) is 104 cm³/mol. The summed E-state index contributed by atoms with van der Waals surface area (Å²) in [5.74, 6) is -0.0114. The molecule has 5 nitrogen and oxygen atoms in total. The van der Waals surface area contributed by atoms with Crippen LogP contribution in [0.25, 0.3) is 0 Å². The Morgan fingerprint density at radius 1 is 0.885 bits per heavy atom. The zero-order valence-corrected chi connectivity index (χ0v) is 16.6. The number of nitrogens with one attached hydrogen (secondary N) is 2. The Labute approximate surface area is 154 Å². The molecule has 0 fully saturated rings. The van der Waals surface area contributed by atoms with Crippen LogP contribution in [-0.4, -0.2) is 14.3 Å². The topological polar surface area (TPSA) is 75.3 Å². The second-order valence-electron chi connectivity index (χ2n) is 6.98. The zero-order valence-electron chi connectivity index (χ0n) is 15.8. The zero-order chi connectivity index (χ0) is 19.2. The maximum atomic E-state index is 13.1. The number of anilines is 2. The molecule has 26 heavy (non-hydrogen) atoms. The van der Waals surface area contributed by atoms with Crippen LogP contribution >= 0.6 is 0 Å². The maximum Gasteiger partial charge on any atom is 0.262 e. The van der Waals surface area contributed by atoms with Gasteiger partial charge in [-0.3, -0.25) is 9.52 Å². The van der Waals surface area contributed by atoms with Gasteiger partial charge >= 0.3 is 0 Å². The van der Waals surface area contributed by atoms with E-state index in [4.69, 9.17) is 0 Å². The van der Waals surface area contributed by atoms with Crippen LogP contribution in [0.3, 0.4) is 0 Å². The molecular weight excluding hydrogens is 348 g/mol. The largest absolute Gasteiger partial charge is 0.326 e. The van der Waals surface area contributed by atoms with E-state index in [1.807, 2.05) is 34.6 Å². The number of rotatable bonds is 3. The van der Waals surface area contributed by atoms with Crippen LogP contribution in [0.4, 0.5) is 11.4 Å². The van der Waals surface area contributed by atoms with E-state index >= 15 is 0 Å². The van der Waals surface area contributed by atoms with E-state index in [9.17, 15) is 13.2 Å². The molecule has 138 valence electrons. The lowest BCUT2D eigenvalue weighted by atomic mass is 9.95. The Kier molecular flexibility index (Phi) is 4.56. The monoisotopic (exact) mass is 372 g/mol. The molecule has 1 amide bonds. The Hall–Kier alpha value is -2.34. The van der Waals surface area contributed by atoms with Crippen molar-refractivity contribution < 1.29 is 13.2 Å². The van der Waals surface area contributed by atoms with Gasteiger partial charge < -0.3 is 5.32 Å². The first-order valence-electron chi connectivity index (χ1n) is 8.64. The lowest BCUT2D eigenvalue weighted by molar-refractivity contribution is -0.116. The molecule has 6 heteroatoms. The van der Waals surface area contributed by atoms with Crippen molar-refractivity contribution >= 4 is 27.3 Å². The average molecular weight is 372 g/mol. The van der Waals surface area contributed by atoms with Gasteiger partial charge in [-0.1, -0.05) is 0 Å². The average Bonchev–Trinajstić information content (AvgIpc) is 2.58. The van der Waals surface area contributed by atoms with Gasteiger partial charge in [0, 0.05) is 17.8 Å². The van der Waals surface area contributed by atoms with Gasteiger partial charge in [-0.15, -0.1) is 0 Å². The Balaban J connectivity index is 2.02. The maximum absolute atomic E-state index is 13.1. The summed E-state index contributed by atoms with van der Waals surface area (Å²) in [6, 6.07) is 5.22. The van der Waals surface area contributed by atoms with Gasteiger partial charge in [-0.25, -0.2) is 8.42 Å². The van der Waals surface area contributed by atoms with Crippen molar-refractivity contribution in [3.63, 3.8) is 0 Å². The highest BCUT2D eigenvalue weighted by Crippen LogP contribution is 2.32. The van der Waals surface area contributed by atoms with E-state index in [0.717, 1.165) is 39.1 Å². The number of hydrogen-bond acceptors (Lipinski definition) is 3. The summed E-state index contributed by atoms with van der Waals surface area (Å²) in [6.45, 7) is 9.64. The van der Waals surface area contributed by atoms with Crippen LogP contribution < -0.4 is 10.0 Å². The van der Waals surface area contributed by atoms with E-state index in [-0.39, 0.29) is 5.91 Å². The van der Waals surface area contributed by atoms with Crippen molar-refractivity contribution in [3.8, 4) is 0 Å². The number of hydrogen-bond donors (Lipinski definition) is 2. The van der Waals surface area contributed by atoms with Crippen LogP contribution in [0.2, 0.25) is 0 Å². The number of benzene rings is 2. The minimum absolute atomic E-state index is 0.0114. The SMILES string of the molecule is Cc1c(C)c(C)c(S(=O)(=O)Nc2ccc3c(c2)CCC(=O)N3)c(C)c1C. The van der Waals surface area contributed by atoms with Crippen molar-refractivity contribution in [2.45, 2.75) is 52.4 Å². The van der Waals surface area contributed by atoms with Crippen molar-refractivity contribution in [1.29, 1.82) is 0 Å². The van der Waals surface area contributed by atoms with Crippen molar-refractivity contribution in [3.05, 3.63) is 51.6 Å². The minimum Gasteiger partial charge on any atom is -0.326 e. The molecule has 0 aliphatic carbocycles. The third-order valence-electron chi connectivity index (χ3n) is 5.45. The highest BCUT2D eigenvalue weighted by Gasteiger charge is 2.24. The van der Waals surface area contributed by atoms with Gasteiger partial charge in [-0.2, -0.15) is 0 Å². The highest BCUT2D eigenvalue weighted by atomic mass is 32.2. The smallest absolute Gasteiger partial charge is 0.262 e.